The predicted octanol–water partition coefficient (Wildman–Crippen LogP) is 0.288. The molecule has 0 unspecified atom stereocenters. The van der Waals surface area contributed by atoms with Crippen LogP contribution < -0.4 is 10.5 Å². The normalized spacial score (nSPS) is 10.0. The van der Waals surface area contributed by atoms with E-state index >= 15 is 0 Å². The minimum atomic E-state index is -0.244. The van der Waals surface area contributed by atoms with Crippen LogP contribution in [0.5, 0.6) is 0 Å². The number of carbonyl (C=O) groups is 1. The fourth-order valence-corrected chi connectivity index (χ4v) is 1.39. The number of carbonyl (C=O) groups excluding carboxylic acids is 1. The number of hydrogen-bond acceptors (Lipinski definition) is 4. The topological polar surface area (TPSA) is 55.2 Å². The Hall–Kier alpha value is -1.65. The number of aldehydes is 1. The molecule has 0 bridgehead atoms. The van der Waals surface area contributed by atoms with E-state index in [1.807, 2.05) is 18.7 Å². The molecule has 0 fully saturated rings. The standard InChI is InChI=1S/C10H15N3O2/c1-3-12(4-2)9-7-10(15)13(5-6-14)11-8-9/h6-8H,3-5H2,1-2H3. The molecule has 15 heavy (non-hydrogen) atoms. The second kappa shape index (κ2) is 5.29. The van der Waals surface area contributed by atoms with E-state index in [1.165, 1.54) is 6.07 Å². The largest absolute Gasteiger partial charge is 0.371 e. The fourth-order valence-electron chi connectivity index (χ4n) is 1.39. The van der Waals surface area contributed by atoms with E-state index in [9.17, 15) is 9.59 Å². The molecular formula is C10H15N3O2. The third kappa shape index (κ3) is 2.65. The number of anilines is 1. The van der Waals surface area contributed by atoms with E-state index in [0.29, 0.717) is 6.29 Å². The summed E-state index contributed by atoms with van der Waals surface area (Å²) in [7, 11) is 0. The molecule has 0 saturated heterocycles. The van der Waals surface area contributed by atoms with E-state index < -0.39 is 0 Å². The minimum Gasteiger partial charge on any atom is -0.371 e. The molecule has 82 valence electrons. The molecular weight excluding hydrogens is 194 g/mol. The molecule has 1 heterocycles. The van der Waals surface area contributed by atoms with Gasteiger partial charge in [-0.05, 0) is 13.8 Å². The third-order valence-electron chi connectivity index (χ3n) is 2.23. The van der Waals surface area contributed by atoms with Crippen molar-refractivity contribution in [2.45, 2.75) is 20.4 Å². The van der Waals surface area contributed by atoms with Crippen LogP contribution in [-0.4, -0.2) is 29.2 Å². The molecule has 0 spiro atoms. The second-order valence-electron chi connectivity index (χ2n) is 3.07. The second-order valence-corrected chi connectivity index (χ2v) is 3.07. The van der Waals surface area contributed by atoms with Crippen LogP contribution in [0.2, 0.25) is 0 Å². The molecule has 5 heteroatoms. The highest BCUT2D eigenvalue weighted by atomic mass is 16.1. The van der Waals surface area contributed by atoms with Crippen molar-refractivity contribution < 1.29 is 4.79 Å². The van der Waals surface area contributed by atoms with Crippen molar-refractivity contribution >= 4 is 12.0 Å². The molecule has 0 aromatic carbocycles. The lowest BCUT2D eigenvalue weighted by atomic mass is 10.4. The SMILES string of the molecule is CCN(CC)c1cnn(CC=O)c(=O)c1. The van der Waals surface area contributed by atoms with Crippen molar-refractivity contribution in [3.05, 3.63) is 22.6 Å². The highest BCUT2D eigenvalue weighted by molar-refractivity contribution is 5.49. The van der Waals surface area contributed by atoms with Crippen LogP contribution in [-0.2, 0) is 11.3 Å². The van der Waals surface area contributed by atoms with Crippen LogP contribution >= 0.6 is 0 Å². The van der Waals surface area contributed by atoms with Crippen molar-refractivity contribution in [2.24, 2.45) is 0 Å². The summed E-state index contributed by atoms with van der Waals surface area (Å²) in [5.74, 6) is 0. The Labute approximate surface area is 88.3 Å². The average molecular weight is 209 g/mol. The highest BCUT2D eigenvalue weighted by Gasteiger charge is 2.04. The van der Waals surface area contributed by atoms with E-state index in [1.54, 1.807) is 6.20 Å². The lowest BCUT2D eigenvalue weighted by molar-refractivity contribution is -0.108. The first-order valence-electron chi connectivity index (χ1n) is 4.98. The summed E-state index contributed by atoms with van der Waals surface area (Å²) in [4.78, 5) is 23.8. The van der Waals surface area contributed by atoms with Gasteiger partial charge >= 0.3 is 0 Å². The van der Waals surface area contributed by atoms with Gasteiger partial charge in [0.15, 0.2) is 0 Å². The molecule has 0 aliphatic heterocycles. The molecule has 0 radical (unpaired) electrons. The van der Waals surface area contributed by atoms with Crippen LogP contribution in [0.1, 0.15) is 13.8 Å². The Kier molecular flexibility index (Phi) is 4.03. The monoisotopic (exact) mass is 209 g/mol. The quantitative estimate of drug-likeness (QED) is 0.654. The number of hydrogen-bond donors (Lipinski definition) is 0. The zero-order chi connectivity index (χ0) is 11.3. The van der Waals surface area contributed by atoms with Gasteiger partial charge in [-0.3, -0.25) is 4.79 Å². The van der Waals surface area contributed by atoms with Crippen molar-refractivity contribution in [2.75, 3.05) is 18.0 Å². The van der Waals surface area contributed by atoms with Crippen LogP contribution in [0.4, 0.5) is 5.69 Å². The first kappa shape index (κ1) is 11.4. The lowest BCUT2D eigenvalue weighted by Gasteiger charge is -2.20. The average Bonchev–Trinajstić information content (AvgIpc) is 2.24. The van der Waals surface area contributed by atoms with Gasteiger partial charge in [-0.25, -0.2) is 4.68 Å². The summed E-state index contributed by atoms with van der Waals surface area (Å²) in [6.45, 7) is 5.70. The summed E-state index contributed by atoms with van der Waals surface area (Å²) >= 11 is 0. The summed E-state index contributed by atoms with van der Waals surface area (Å²) in [6, 6.07) is 1.50. The molecule has 0 aliphatic carbocycles. The van der Waals surface area contributed by atoms with Gasteiger partial charge in [-0.2, -0.15) is 5.10 Å². The molecule has 0 atom stereocenters. The van der Waals surface area contributed by atoms with Crippen molar-refractivity contribution in [3.8, 4) is 0 Å². The van der Waals surface area contributed by atoms with Gasteiger partial charge in [0.05, 0.1) is 11.9 Å². The van der Waals surface area contributed by atoms with Crippen LogP contribution in [0.15, 0.2) is 17.1 Å². The molecule has 1 aromatic heterocycles. The molecule has 1 aromatic rings. The van der Waals surface area contributed by atoms with Crippen LogP contribution in [0, 0.1) is 0 Å². The Morgan fingerprint density at radius 3 is 2.60 bits per heavy atom. The Morgan fingerprint density at radius 2 is 2.13 bits per heavy atom. The summed E-state index contributed by atoms with van der Waals surface area (Å²) in [5, 5.41) is 3.92. The van der Waals surface area contributed by atoms with Gasteiger partial charge in [0.25, 0.3) is 5.56 Å². The summed E-state index contributed by atoms with van der Waals surface area (Å²) in [6.07, 6.45) is 2.27. The summed E-state index contributed by atoms with van der Waals surface area (Å²) < 4.78 is 1.14. The number of aromatic nitrogens is 2. The number of nitrogens with zero attached hydrogens (tertiary/aromatic N) is 3. The maximum absolute atomic E-state index is 11.5. The fraction of sp³-hybridized carbons (Fsp3) is 0.500. The highest BCUT2D eigenvalue weighted by Crippen LogP contribution is 2.07. The van der Waals surface area contributed by atoms with E-state index in [0.717, 1.165) is 23.5 Å². The molecule has 0 saturated carbocycles. The predicted molar refractivity (Wildman–Crippen MR) is 58.1 cm³/mol. The van der Waals surface area contributed by atoms with Crippen LogP contribution in [0.25, 0.3) is 0 Å². The smallest absolute Gasteiger partial charge is 0.269 e. The molecule has 0 aliphatic rings. The van der Waals surface area contributed by atoms with Crippen molar-refractivity contribution in [1.29, 1.82) is 0 Å². The lowest BCUT2D eigenvalue weighted by Crippen LogP contribution is -2.28. The minimum absolute atomic E-state index is 0.0113. The maximum Gasteiger partial charge on any atom is 0.269 e. The molecule has 1 rings (SSSR count). The van der Waals surface area contributed by atoms with Gasteiger partial charge in [0, 0.05) is 19.2 Å². The third-order valence-corrected chi connectivity index (χ3v) is 2.23. The Balaban J connectivity index is 3.00. The zero-order valence-corrected chi connectivity index (χ0v) is 9.01. The molecule has 0 N–H and O–H groups in total. The zero-order valence-electron chi connectivity index (χ0n) is 9.01. The Bertz CT molecular complexity index is 382. The Morgan fingerprint density at radius 1 is 1.47 bits per heavy atom. The van der Waals surface area contributed by atoms with E-state index in [4.69, 9.17) is 0 Å². The molecule has 0 amide bonds. The van der Waals surface area contributed by atoms with Gasteiger partial charge in [0.2, 0.25) is 0 Å². The number of rotatable bonds is 5. The van der Waals surface area contributed by atoms with Gasteiger partial charge in [0.1, 0.15) is 12.8 Å². The van der Waals surface area contributed by atoms with Gasteiger partial charge in [-0.15, -0.1) is 0 Å². The van der Waals surface area contributed by atoms with Crippen molar-refractivity contribution in [1.82, 2.24) is 9.78 Å². The maximum atomic E-state index is 11.5. The van der Waals surface area contributed by atoms with Crippen molar-refractivity contribution in [3.63, 3.8) is 0 Å². The first-order chi connectivity index (χ1) is 7.22. The molecule has 5 nitrogen and oxygen atoms in total. The van der Waals surface area contributed by atoms with Gasteiger partial charge in [-0.1, -0.05) is 0 Å². The first-order valence-corrected chi connectivity index (χ1v) is 4.98. The summed E-state index contributed by atoms with van der Waals surface area (Å²) in [5.41, 5.74) is 0.554. The van der Waals surface area contributed by atoms with Crippen LogP contribution in [0.3, 0.4) is 0 Å². The van der Waals surface area contributed by atoms with E-state index in [-0.39, 0.29) is 12.1 Å². The van der Waals surface area contributed by atoms with Gasteiger partial charge < -0.3 is 9.69 Å². The van der Waals surface area contributed by atoms with E-state index in [2.05, 4.69) is 5.10 Å².